The van der Waals surface area contributed by atoms with Gasteiger partial charge in [0.1, 0.15) is 23.1 Å². The third kappa shape index (κ3) is 3.90. The highest BCUT2D eigenvalue weighted by atomic mass is 16.5. The maximum absolute atomic E-state index is 12.7. The van der Waals surface area contributed by atoms with Gasteiger partial charge in [-0.15, -0.1) is 10.2 Å². The second kappa shape index (κ2) is 8.78. The summed E-state index contributed by atoms with van der Waals surface area (Å²) in [6.45, 7) is 2.17. The average molecular weight is 356 g/mol. The minimum absolute atomic E-state index is 0.00247. The Labute approximate surface area is 150 Å². The fourth-order valence-corrected chi connectivity index (χ4v) is 2.45. The average Bonchev–Trinajstić information content (AvgIpc) is 2.65. The van der Waals surface area contributed by atoms with Crippen molar-refractivity contribution in [3.63, 3.8) is 0 Å². The summed E-state index contributed by atoms with van der Waals surface area (Å²) in [7, 11) is 3.06. The van der Waals surface area contributed by atoms with E-state index in [4.69, 9.17) is 9.47 Å². The molecule has 1 aromatic heterocycles. The van der Waals surface area contributed by atoms with E-state index in [9.17, 15) is 15.2 Å². The second-order valence-corrected chi connectivity index (χ2v) is 5.46. The van der Waals surface area contributed by atoms with Crippen LogP contribution in [0.25, 0.3) is 0 Å². The number of aromatic nitrogens is 1. The van der Waals surface area contributed by atoms with Crippen LogP contribution in [0.4, 0.5) is 11.4 Å². The summed E-state index contributed by atoms with van der Waals surface area (Å²) in [5, 5.41) is 27.7. The van der Waals surface area contributed by atoms with E-state index in [1.807, 2.05) is 6.07 Å². The summed E-state index contributed by atoms with van der Waals surface area (Å²) in [4.78, 5) is 12.7. The molecular weight excluding hydrogens is 336 g/mol. The van der Waals surface area contributed by atoms with Crippen LogP contribution in [0.5, 0.6) is 11.6 Å². The van der Waals surface area contributed by atoms with E-state index in [1.165, 1.54) is 7.11 Å². The molecule has 1 heterocycles. The number of pyridine rings is 1. The molecule has 26 heavy (non-hydrogen) atoms. The molecule has 0 unspecified atom stereocenters. The van der Waals surface area contributed by atoms with E-state index >= 15 is 0 Å². The molecule has 0 bridgehead atoms. The Morgan fingerprint density at radius 2 is 2.00 bits per heavy atom. The number of azo groups is 1. The van der Waals surface area contributed by atoms with E-state index < -0.39 is 5.56 Å². The zero-order valence-corrected chi connectivity index (χ0v) is 14.9. The van der Waals surface area contributed by atoms with Gasteiger partial charge in [0.25, 0.3) is 5.56 Å². The lowest BCUT2D eigenvalue weighted by molar-refractivity contribution is 0.188. The van der Waals surface area contributed by atoms with E-state index in [1.54, 1.807) is 38.3 Å². The number of hydrogen-bond acceptors (Lipinski definition) is 7. The first-order valence-electron chi connectivity index (χ1n) is 7.95. The molecule has 0 saturated heterocycles. The quantitative estimate of drug-likeness (QED) is 0.605. The molecule has 0 amide bonds. The van der Waals surface area contributed by atoms with Crippen molar-refractivity contribution in [1.29, 1.82) is 5.26 Å². The van der Waals surface area contributed by atoms with Gasteiger partial charge in [-0.3, -0.25) is 9.36 Å². The van der Waals surface area contributed by atoms with Gasteiger partial charge >= 0.3 is 0 Å². The lowest BCUT2D eigenvalue weighted by Crippen LogP contribution is -2.22. The largest absolute Gasteiger partial charge is 0.494 e. The Morgan fingerprint density at radius 3 is 2.65 bits per heavy atom. The van der Waals surface area contributed by atoms with Crippen molar-refractivity contribution in [2.24, 2.45) is 10.2 Å². The lowest BCUT2D eigenvalue weighted by atomic mass is 10.1. The van der Waals surface area contributed by atoms with Crippen molar-refractivity contribution in [2.75, 3.05) is 20.8 Å². The van der Waals surface area contributed by atoms with Gasteiger partial charge in [-0.25, -0.2) is 0 Å². The summed E-state index contributed by atoms with van der Waals surface area (Å²) in [5.74, 6) is 0.135. The molecule has 0 aliphatic heterocycles. The van der Waals surface area contributed by atoms with Gasteiger partial charge in [-0.2, -0.15) is 5.26 Å². The Morgan fingerprint density at radius 1 is 1.27 bits per heavy atom. The summed E-state index contributed by atoms with van der Waals surface area (Å²) in [5.41, 5.74) is 0.204. The first-order chi connectivity index (χ1) is 12.5. The summed E-state index contributed by atoms with van der Waals surface area (Å²) in [6, 6.07) is 8.89. The zero-order valence-electron chi connectivity index (χ0n) is 14.9. The maximum Gasteiger partial charge on any atom is 0.281 e. The highest BCUT2D eigenvalue weighted by Gasteiger charge is 2.19. The second-order valence-electron chi connectivity index (χ2n) is 5.46. The van der Waals surface area contributed by atoms with Crippen LogP contribution in [0.2, 0.25) is 0 Å². The van der Waals surface area contributed by atoms with Crippen molar-refractivity contribution >= 4 is 11.4 Å². The van der Waals surface area contributed by atoms with Gasteiger partial charge in [0.15, 0.2) is 5.69 Å². The Kier molecular flexibility index (Phi) is 6.47. The maximum atomic E-state index is 12.7. The van der Waals surface area contributed by atoms with Crippen LogP contribution in [0.15, 0.2) is 39.3 Å². The van der Waals surface area contributed by atoms with E-state index in [-0.39, 0.29) is 29.2 Å². The van der Waals surface area contributed by atoms with Gasteiger partial charge in [-0.05, 0) is 25.5 Å². The number of para-hydroxylation sites is 1. The van der Waals surface area contributed by atoms with Crippen LogP contribution in [-0.2, 0) is 11.3 Å². The molecule has 0 radical (unpaired) electrons. The number of nitriles is 1. The van der Waals surface area contributed by atoms with Crippen molar-refractivity contribution < 1.29 is 14.6 Å². The molecule has 1 N–H and O–H groups in total. The highest BCUT2D eigenvalue weighted by Crippen LogP contribution is 2.30. The van der Waals surface area contributed by atoms with Crippen LogP contribution in [0.1, 0.15) is 17.5 Å². The molecule has 136 valence electrons. The predicted molar refractivity (Wildman–Crippen MR) is 95.5 cm³/mol. The molecule has 0 spiro atoms. The molecule has 0 atom stereocenters. The highest BCUT2D eigenvalue weighted by molar-refractivity contribution is 5.57. The van der Waals surface area contributed by atoms with Gasteiger partial charge in [0.05, 0.1) is 7.11 Å². The fourth-order valence-electron chi connectivity index (χ4n) is 2.45. The Balaban J connectivity index is 2.54. The summed E-state index contributed by atoms with van der Waals surface area (Å²) in [6.07, 6.45) is 0.501. The van der Waals surface area contributed by atoms with Crippen molar-refractivity contribution in [3.8, 4) is 17.7 Å². The van der Waals surface area contributed by atoms with Gasteiger partial charge in [0.2, 0.25) is 5.88 Å². The fraction of sp³-hybridized carbons (Fsp3) is 0.333. The van der Waals surface area contributed by atoms with Crippen LogP contribution in [0, 0.1) is 18.3 Å². The molecule has 0 saturated carbocycles. The van der Waals surface area contributed by atoms with Gasteiger partial charge in [-0.1, -0.05) is 12.1 Å². The molecule has 8 nitrogen and oxygen atoms in total. The number of benzene rings is 1. The summed E-state index contributed by atoms with van der Waals surface area (Å²) >= 11 is 0. The molecule has 0 fully saturated rings. The molecule has 0 aliphatic carbocycles. The Hall–Kier alpha value is -3.18. The van der Waals surface area contributed by atoms with E-state index in [0.717, 1.165) is 4.57 Å². The molecule has 2 rings (SSSR count). The van der Waals surface area contributed by atoms with E-state index in [2.05, 4.69) is 10.2 Å². The van der Waals surface area contributed by atoms with Crippen molar-refractivity contribution in [2.45, 2.75) is 19.9 Å². The standard InChI is InChI=1S/C18H20N4O4/c1-12-13(11-19)17(23)22(9-6-10-25-2)18(24)16(12)21-20-14-7-4-5-8-15(14)26-3/h4-5,7-8,23H,6,9-10H2,1-3H3. The van der Waals surface area contributed by atoms with Gasteiger partial charge < -0.3 is 14.6 Å². The topological polar surface area (TPSA) is 109 Å². The van der Waals surface area contributed by atoms with Crippen LogP contribution in [0.3, 0.4) is 0 Å². The Bertz CT molecular complexity index is 913. The predicted octanol–water partition coefficient (Wildman–Crippen LogP) is 3.19. The number of methoxy groups -OCH3 is 2. The van der Waals surface area contributed by atoms with Crippen LogP contribution >= 0.6 is 0 Å². The van der Waals surface area contributed by atoms with Crippen LogP contribution in [-0.4, -0.2) is 30.5 Å². The zero-order chi connectivity index (χ0) is 19.1. The SMILES string of the molecule is COCCCn1c(O)c(C#N)c(C)c(N=Nc2ccccc2OC)c1=O. The van der Waals surface area contributed by atoms with E-state index in [0.29, 0.717) is 24.5 Å². The van der Waals surface area contributed by atoms with Crippen molar-refractivity contribution in [1.82, 2.24) is 4.57 Å². The molecule has 8 heteroatoms. The van der Waals surface area contributed by atoms with Crippen molar-refractivity contribution in [3.05, 3.63) is 45.7 Å². The molecule has 2 aromatic rings. The smallest absolute Gasteiger partial charge is 0.281 e. The number of aromatic hydroxyl groups is 1. The minimum atomic E-state index is -0.520. The minimum Gasteiger partial charge on any atom is -0.494 e. The molecule has 1 aromatic carbocycles. The number of nitrogens with zero attached hydrogens (tertiary/aromatic N) is 4. The van der Waals surface area contributed by atoms with Gasteiger partial charge in [0, 0.05) is 25.8 Å². The summed E-state index contributed by atoms with van der Waals surface area (Å²) < 4.78 is 11.3. The first kappa shape index (κ1) is 19.1. The number of rotatable bonds is 7. The third-order valence-electron chi connectivity index (χ3n) is 3.84. The molecular formula is C18H20N4O4. The number of hydrogen-bond donors (Lipinski definition) is 1. The third-order valence-corrected chi connectivity index (χ3v) is 3.84. The van der Waals surface area contributed by atoms with Crippen LogP contribution < -0.4 is 10.3 Å². The monoisotopic (exact) mass is 356 g/mol. The molecule has 0 aliphatic rings. The first-order valence-corrected chi connectivity index (χ1v) is 7.95. The normalized spacial score (nSPS) is 10.8. The lowest BCUT2D eigenvalue weighted by Gasteiger charge is -2.12. The number of ether oxygens (including phenoxy) is 2.